The fraction of sp³-hybridized carbons (Fsp3) is 0.0545. The molecule has 0 heteroatoms. The van der Waals surface area contributed by atoms with Crippen molar-refractivity contribution in [1.82, 2.24) is 0 Å². The molecule has 0 amide bonds. The zero-order valence-electron chi connectivity index (χ0n) is 30.8. The third-order valence-corrected chi connectivity index (χ3v) is 11.9. The zero-order valence-corrected chi connectivity index (χ0v) is 30.8. The Morgan fingerprint density at radius 3 is 1.53 bits per heavy atom. The quantitative estimate of drug-likeness (QED) is 0.161. The molecule has 0 nitrogen and oxygen atoms in total. The van der Waals surface area contributed by atoms with Gasteiger partial charge in [-0.2, -0.15) is 0 Å². The van der Waals surface area contributed by atoms with Gasteiger partial charge in [-0.25, -0.2) is 0 Å². The van der Waals surface area contributed by atoms with Crippen LogP contribution in [0.2, 0.25) is 0 Å². The molecule has 0 fully saturated rings. The van der Waals surface area contributed by atoms with Crippen molar-refractivity contribution in [2.45, 2.75) is 13.3 Å². The van der Waals surface area contributed by atoms with Crippen LogP contribution in [0.4, 0.5) is 0 Å². The summed E-state index contributed by atoms with van der Waals surface area (Å²) in [7, 11) is 0. The summed E-state index contributed by atoms with van der Waals surface area (Å²) in [6.45, 7) is 2.31. The van der Waals surface area contributed by atoms with E-state index < -0.39 is 0 Å². The van der Waals surface area contributed by atoms with Gasteiger partial charge in [0.1, 0.15) is 0 Å². The summed E-state index contributed by atoms with van der Waals surface area (Å²) in [5, 5.41) is 12.6. The maximum atomic E-state index is 2.44. The Hall–Kier alpha value is -6.76. The lowest BCUT2D eigenvalue weighted by Gasteiger charge is -2.20. The molecule has 0 N–H and O–H groups in total. The molecule has 0 saturated heterocycles. The minimum Gasteiger partial charge on any atom is -0.0808 e. The van der Waals surface area contributed by atoms with E-state index >= 15 is 0 Å². The van der Waals surface area contributed by atoms with E-state index in [-0.39, 0.29) is 0 Å². The maximum absolute atomic E-state index is 2.44. The van der Waals surface area contributed by atoms with Gasteiger partial charge >= 0.3 is 0 Å². The fourth-order valence-corrected chi connectivity index (χ4v) is 9.18. The maximum Gasteiger partial charge on any atom is -0.00259 e. The van der Waals surface area contributed by atoms with Crippen molar-refractivity contribution in [1.29, 1.82) is 0 Å². The average Bonchev–Trinajstić information content (AvgIpc) is 3.24. The van der Waals surface area contributed by atoms with Gasteiger partial charge in [-0.05, 0) is 152 Å². The van der Waals surface area contributed by atoms with E-state index in [0.29, 0.717) is 5.92 Å². The Morgan fingerprint density at radius 2 is 0.836 bits per heavy atom. The van der Waals surface area contributed by atoms with Gasteiger partial charge < -0.3 is 0 Å². The summed E-state index contributed by atoms with van der Waals surface area (Å²) >= 11 is 0. The first-order chi connectivity index (χ1) is 27.1. The van der Waals surface area contributed by atoms with Crippen LogP contribution in [0.5, 0.6) is 0 Å². The van der Waals surface area contributed by atoms with E-state index in [9.17, 15) is 0 Å². The summed E-state index contributed by atoms with van der Waals surface area (Å²) in [5.74, 6) is 0.557. The van der Waals surface area contributed by atoms with Gasteiger partial charge in [0.2, 0.25) is 0 Å². The highest BCUT2D eigenvalue weighted by atomic mass is 14.2. The summed E-state index contributed by atoms with van der Waals surface area (Å²) in [5.41, 5.74) is 12.9. The molecule has 0 saturated carbocycles. The van der Waals surface area contributed by atoms with Crippen molar-refractivity contribution >= 4 is 59.9 Å². The van der Waals surface area contributed by atoms with Crippen molar-refractivity contribution in [3.05, 3.63) is 199 Å². The highest BCUT2D eigenvalue weighted by Crippen LogP contribution is 2.46. The van der Waals surface area contributed by atoms with E-state index in [1.807, 2.05) is 0 Å². The van der Waals surface area contributed by atoms with Crippen LogP contribution in [0, 0.1) is 5.92 Å². The van der Waals surface area contributed by atoms with Gasteiger partial charge in [0.15, 0.2) is 0 Å². The van der Waals surface area contributed by atoms with Crippen LogP contribution in [0.1, 0.15) is 18.1 Å². The predicted molar refractivity (Wildman–Crippen MR) is 238 cm³/mol. The Morgan fingerprint density at radius 1 is 0.364 bits per heavy atom. The lowest BCUT2D eigenvalue weighted by atomic mass is 9.84. The summed E-state index contributed by atoms with van der Waals surface area (Å²) in [6, 6.07) is 68.0. The van der Waals surface area contributed by atoms with Gasteiger partial charge in [-0.15, -0.1) is 0 Å². The molecule has 0 heterocycles. The molecule has 0 spiro atoms. The van der Waals surface area contributed by atoms with E-state index in [1.165, 1.54) is 109 Å². The van der Waals surface area contributed by atoms with Crippen molar-refractivity contribution in [2.24, 2.45) is 5.92 Å². The Bertz CT molecular complexity index is 3190. The van der Waals surface area contributed by atoms with Gasteiger partial charge in [-0.1, -0.05) is 171 Å². The molecule has 1 aliphatic carbocycles. The molecule has 0 aromatic heterocycles. The monoisotopic (exact) mass is 698 g/mol. The Labute approximate surface area is 321 Å². The van der Waals surface area contributed by atoms with Crippen LogP contribution in [0.25, 0.3) is 104 Å². The minimum absolute atomic E-state index is 0.557. The first-order valence-corrected chi connectivity index (χ1v) is 19.5. The van der Waals surface area contributed by atoms with Crippen LogP contribution in [0.3, 0.4) is 0 Å². The van der Waals surface area contributed by atoms with E-state index in [2.05, 4.69) is 201 Å². The molecule has 1 aliphatic rings. The Balaban J connectivity index is 1.11. The molecule has 258 valence electrons. The molecule has 1 unspecified atom stereocenters. The summed E-state index contributed by atoms with van der Waals surface area (Å²) < 4.78 is 0. The molecule has 1 atom stereocenters. The van der Waals surface area contributed by atoms with Crippen LogP contribution in [0.15, 0.2) is 188 Å². The second kappa shape index (κ2) is 12.7. The van der Waals surface area contributed by atoms with E-state index in [0.717, 1.165) is 6.42 Å². The average molecular weight is 699 g/mol. The van der Waals surface area contributed by atoms with Gasteiger partial charge in [0.25, 0.3) is 0 Å². The van der Waals surface area contributed by atoms with Crippen molar-refractivity contribution < 1.29 is 0 Å². The highest BCUT2D eigenvalue weighted by Gasteiger charge is 2.19. The molecular weight excluding hydrogens is 661 g/mol. The SMILES string of the molecule is CC1C=Cc2cccc(-c3ccc4cc(-c5ccc6c(-c7ccc8ccccc8c7)c7ccccc7c(-c7ccc8ccccc8c7)c6c5)ccc4c3)c2C1. The van der Waals surface area contributed by atoms with E-state index in [1.54, 1.807) is 0 Å². The van der Waals surface area contributed by atoms with Crippen LogP contribution in [-0.2, 0) is 6.42 Å². The van der Waals surface area contributed by atoms with Crippen molar-refractivity contribution in [3.8, 4) is 44.5 Å². The Kier molecular flexibility index (Phi) is 7.32. The van der Waals surface area contributed by atoms with Gasteiger partial charge in [-0.3, -0.25) is 0 Å². The largest absolute Gasteiger partial charge is 0.0808 e. The normalized spacial score (nSPS) is 13.9. The molecule has 11 rings (SSSR count). The van der Waals surface area contributed by atoms with Crippen molar-refractivity contribution in [2.75, 3.05) is 0 Å². The second-order valence-corrected chi connectivity index (χ2v) is 15.4. The molecule has 10 aromatic rings. The number of hydrogen-bond acceptors (Lipinski definition) is 0. The number of allylic oxidation sites excluding steroid dienone is 1. The van der Waals surface area contributed by atoms with Gasteiger partial charge in [0.05, 0.1) is 0 Å². The van der Waals surface area contributed by atoms with E-state index in [4.69, 9.17) is 0 Å². The molecule has 55 heavy (non-hydrogen) atoms. The van der Waals surface area contributed by atoms with Crippen molar-refractivity contribution in [3.63, 3.8) is 0 Å². The van der Waals surface area contributed by atoms with Gasteiger partial charge in [0, 0.05) is 0 Å². The fourth-order valence-electron chi connectivity index (χ4n) is 9.18. The van der Waals surface area contributed by atoms with Crippen LogP contribution < -0.4 is 0 Å². The minimum atomic E-state index is 0.557. The smallest absolute Gasteiger partial charge is 0.00259 e. The number of rotatable bonds is 4. The predicted octanol–water partition coefficient (Wildman–Crippen LogP) is 15.3. The first kappa shape index (κ1) is 31.7. The van der Waals surface area contributed by atoms with Crippen LogP contribution in [-0.4, -0.2) is 0 Å². The lowest BCUT2D eigenvalue weighted by molar-refractivity contribution is 0.718. The summed E-state index contributed by atoms with van der Waals surface area (Å²) in [4.78, 5) is 0. The summed E-state index contributed by atoms with van der Waals surface area (Å²) in [6.07, 6.45) is 5.71. The highest BCUT2D eigenvalue weighted by molar-refractivity contribution is 6.22. The topological polar surface area (TPSA) is 0 Å². The number of benzene rings is 10. The van der Waals surface area contributed by atoms with Crippen LogP contribution >= 0.6 is 0 Å². The third-order valence-electron chi connectivity index (χ3n) is 11.9. The molecule has 0 bridgehead atoms. The molecule has 10 aromatic carbocycles. The third kappa shape index (κ3) is 5.37. The standard InChI is InChI=1S/C55H38/c1-35-17-18-38-13-8-16-48(52(38)29-35)45-24-23-41-30-42(21-22-43(41)31-45)44-27-28-51-53(34-44)55(47-26-20-37-10-3-5-12-40(37)33-47)50-15-7-6-14-49(50)54(51)46-25-19-36-9-2-4-11-39(36)32-46/h2-28,30-35H,29H2,1H3. The number of fused-ring (bicyclic) bond motifs is 6. The molecule has 0 aliphatic heterocycles. The number of hydrogen-bond donors (Lipinski definition) is 0. The zero-order chi connectivity index (χ0) is 36.5. The lowest BCUT2D eigenvalue weighted by Crippen LogP contribution is -2.05. The first-order valence-electron chi connectivity index (χ1n) is 19.5. The molecular formula is C55H38. The molecule has 0 radical (unpaired) electrons. The second-order valence-electron chi connectivity index (χ2n) is 15.4.